The van der Waals surface area contributed by atoms with Crippen LogP contribution in [0.4, 0.5) is 4.79 Å². The molecule has 2 aromatic rings. The van der Waals surface area contributed by atoms with Crippen LogP contribution in [0.5, 0.6) is 0 Å². The van der Waals surface area contributed by atoms with Crippen molar-refractivity contribution in [2.24, 2.45) is 0 Å². The van der Waals surface area contributed by atoms with E-state index in [1.807, 2.05) is 60.7 Å². The van der Waals surface area contributed by atoms with Gasteiger partial charge in [-0.25, -0.2) is 4.79 Å². The van der Waals surface area contributed by atoms with Crippen molar-refractivity contribution in [2.75, 3.05) is 19.6 Å². The van der Waals surface area contributed by atoms with Crippen LogP contribution in [0.25, 0.3) is 0 Å². The van der Waals surface area contributed by atoms with E-state index in [0.717, 1.165) is 11.1 Å². The number of aliphatic hydroxyl groups excluding tert-OH is 1. The van der Waals surface area contributed by atoms with Gasteiger partial charge in [-0.05, 0) is 38.3 Å². The minimum absolute atomic E-state index is 0.00182. The number of rotatable bonds is 14. The van der Waals surface area contributed by atoms with Gasteiger partial charge in [-0.15, -0.1) is 0 Å². The molecule has 212 valence electrons. The van der Waals surface area contributed by atoms with E-state index in [0.29, 0.717) is 0 Å². The standard InChI is InChI=1S/C29H38N2O8/c1-29(2,3)39-26(34)15-14-24(32)27(35)30-17-19-31(28(36)38-21-23-12-8-5-9-13-23)18-16-25(33)37-20-22-10-6-4-7-11-22/h4-13,24,32H,14-21H2,1-3H3,(H,30,35)/t24-/m0/s1. The average Bonchev–Trinajstić information content (AvgIpc) is 2.91. The first-order valence-corrected chi connectivity index (χ1v) is 12.9. The molecular weight excluding hydrogens is 504 g/mol. The maximum Gasteiger partial charge on any atom is 0.410 e. The van der Waals surface area contributed by atoms with Gasteiger partial charge in [0.05, 0.1) is 6.42 Å². The van der Waals surface area contributed by atoms with Gasteiger partial charge in [-0.2, -0.15) is 0 Å². The Bertz CT molecular complexity index is 1050. The highest BCUT2D eigenvalue weighted by Crippen LogP contribution is 2.10. The summed E-state index contributed by atoms with van der Waals surface area (Å²) in [5.74, 6) is -1.68. The van der Waals surface area contributed by atoms with E-state index >= 15 is 0 Å². The first-order chi connectivity index (χ1) is 18.5. The van der Waals surface area contributed by atoms with Crippen molar-refractivity contribution in [1.29, 1.82) is 0 Å². The largest absolute Gasteiger partial charge is 0.461 e. The molecule has 0 unspecified atom stereocenters. The molecule has 2 aromatic carbocycles. The van der Waals surface area contributed by atoms with Crippen LogP contribution in [-0.4, -0.2) is 65.3 Å². The van der Waals surface area contributed by atoms with Crippen LogP contribution in [0, 0.1) is 0 Å². The predicted molar refractivity (Wildman–Crippen MR) is 143 cm³/mol. The number of benzene rings is 2. The molecule has 0 radical (unpaired) electrons. The third-order valence-electron chi connectivity index (χ3n) is 5.32. The molecule has 0 saturated carbocycles. The molecule has 0 fully saturated rings. The van der Waals surface area contributed by atoms with E-state index in [9.17, 15) is 24.3 Å². The summed E-state index contributed by atoms with van der Waals surface area (Å²) in [5.41, 5.74) is 0.990. The fourth-order valence-corrected chi connectivity index (χ4v) is 3.35. The SMILES string of the molecule is CC(C)(C)OC(=O)CC[C@H](O)C(=O)NCCN(CCC(=O)OCc1ccccc1)C(=O)OCc1ccccc1. The Kier molecular flexibility index (Phi) is 12.9. The van der Waals surface area contributed by atoms with E-state index in [1.54, 1.807) is 20.8 Å². The highest BCUT2D eigenvalue weighted by molar-refractivity contribution is 5.81. The maximum atomic E-state index is 12.7. The van der Waals surface area contributed by atoms with Crippen molar-refractivity contribution in [2.45, 2.75) is 65.0 Å². The lowest BCUT2D eigenvalue weighted by Gasteiger charge is -2.22. The van der Waals surface area contributed by atoms with Crippen molar-refractivity contribution >= 4 is 23.9 Å². The second-order valence-corrected chi connectivity index (χ2v) is 9.86. The van der Waals surface area contributed by atoms with Gasteiger partial charge in [-0.3, -0.25) is 14.4 Å². The van der Waals surface area contributed by atoms with E-state index < -0.39 is 35.6 Å². The molecule has 1 atom stereocenters. The zero-order valence-electron chi connectivity index (χ0n) is 22.8. The molecule has 0 saturated heterocycles. The summed E-state index contributed by atoms with van der Waals surface area (Å²) in [5, 5.41) is 12.6. The van der Waals surface area contributed by atoms with Crippen LogP contribution in [0.2, 0.25) is 0 Å². The second kappa shape index (κ2) is 16.1. The summed E-state index contributed by atoms with van der Waals surface area (Å²) < 4.78 is 15.8. The Balaban J connectivity index is 1.84. The summed E-state index contributed by atoms with van der Waals surface area (Å²) in [6.45, 7) is 5.40. The molecule has 2 N–H and O–H groups in total. The van der Waals surface area contributed by atoms with Crippen molar-refractivity contribution in [3.8, 4) is 0 Å². The highest BCUT2D eigenvalue weighted by atomic mass is 16.6. The van der Waals surface area contributed by atoms with Crippen LogP contribution < -0.4 is 5.32 Å². The number of nitrogens with zero attached hydrogens (tertiary/aromatic N) is 1. The van der Waals surface area contributed by atoms with Crippen molar-refractivity contribution in [3.05, 3.63) is 71.8 Å². The third-order valence-corrected chi connectivity index (χ3v) is 5.32. The molecule has 0 aliphatic carbocycles. The third kappa shape index (κ3) is 13.4. The number of hydrogen-bond acceptors (Lipinski definition) is 8. The number of hydrogen-bond donors (Lipinski definition) is 2. The Labute approximate surface area is 229 Å². The molecule has 2 amide bonds. The molecule has 10 heteroatoms. The Morgan fingerprint density at radius 3 is 1.95 bits per heavy atom. The van der Waals surface area contributed by atoms with E-state index in [-0.39, 0.29) is 52.1 Å². The van der Waals surface area contributed by atoms with Crippen LogP contribution in [0.3, 0.4) is 0 Å². The Hall–Kier alpha value is -3.92. The fraction of sp³-hybridized carbons (Fsp3) is 0.448. The predicted octanol–water partition coefficient (Wildman–Crippen LogP) is 3.36. The smallest absolute Gasteiger partial charge is 0.410 e. The molecule has 10 nitrogen and oxygen atoms in total. The van der Waals surface area contributed by atoms with Crippen molar-refractivity contribution < 1.29 is 38.5 Å². The van der Waals surface area contributed by atoms with E-state index in [1.165, 1.54) is 4.90 Å². The zero-order chi connectivity index (χ0) is 28.7. The number of esters is 2. The monoisotopic (exact) mass is 542 g/mol. The highest BCUT2D eigenvalue weighted by Gasteiger charge is 2.22. The molecular formula is C29H38N2O8. The molecule has 0 bridgehead atoms. The van der Waals surface area contributed by atoms with Crippen LogP contribution in [-0.2, 0) is 41.8 Å². The van der Waals surface area contributed by atoms with Gasteiger partial charge in [0.1, 0.15) is 24.9 Å². The first kappa shape index (κ1) is 31.3. The number of ether oxygens (including phenoxy) is 3. The molecule has 0 heterocycles. The van der Waals surface area contributed by atoms with E-state index in [4.69, 9.17) is 14.2 Å². The van der Waals surface area contributed by atoms with Gasteiger partial charge in [0.15, 0.2) is 0 Å². The molecule has 39 heavy (non-hydrogen) atoms. The number of aliphatic hydroxyl groups is 1. The molecule has 0 aromatic heterocycles. The van der Waals surface area contributed by atoms with Crippen molar-refractivity contribution in [1.82, 2.24) is 10.2 Å². The van der Waals surface area contributed by atoms with Gasteiger partial charge >= 0.3 is 18.0 Å². The lowest BCUT2D eigenvalue weighted by Crippen LogP contribution is -2.42. The quantitative estimate of drug-likeness (QED) is 0.274. The average molecular weight is 543 g/mol. The zero-order valence-corrected chi connectivity index (χ0v) is 22.8. The van der Waals surface area contributed by atoms with Gasteiger partial charge in [-0.1, -0.05) is 60.7 Å². The summed E-state index contributed by atoms with van der Waals surface area (Å²) in [6.07, 6.45) is -2.36. The van der Waals surface area contributed by atoms with Gasteiger partial charge in [0.25, 0.3) is 0 Å². The number of nitrogens with one attached hydrogen (secondary N) is 1. The topological polar surface area (TPSA) is 131 Å². The maximum absolute atomic E-state index is 12.7. The Morgan fingerprint density at radius 2 is 1.38 bits per heavy atom. The second-order valence-electron chi connectivity index (χ2n) is 9.86. The summed E-state index contributed by atoms with van der Waals surface area (Å²) in [4.78, 5) is 50.4. The lowest BCUT2D eigenvalue weighted by atomic mass is 10.1. The van der Waals surface area contributed by atoms with Crippen molar-refractivity contribution in [3.63, 3.8) is 0 Å². The Morgan fingerprint density at radius 1 is 0.821 bits per heavy atom. The minimum Gasteiger partial charge on any atom is -0.461 e. The normalized spacial score (nSPS) is 11.7. The number of amides is 2. The van der Waals surface area contributed by atoms with Gasteiger partial charge in [0.2, 0.25) is 5.91 Å². The van der Waals surface area contributed by atoms with Crippen LogP contribution in [0.15, 0.2) is 60.7 Å². The van der Waals surface area contributed by atoms with Gasteiger partial charge < -0.3 is 29.5 Å². The first-order valence-electron chi connectivity index (χ1n) is 12.9. The summed E-state index contributed by atoms with van der Waals surface area (Å²) in [6, 6.07) is 18.4. The fourth-order valence-electron chi connectivity index (χ4n) is 3.35. The van der Waals surface area contributed by atoms with Gasteiger partial charge in [0, 0.05) is 26.1 Å². The molecule has 0 aliphatic rings. The van der Waals surface area contributed by atoms with E-state index in [2.05, 4.69) is 5.32 Å². The lowest BCUT2D eigenvalue weighted by molar-refractivity contribution is -0.155. The number of carbonyl (C=O) groups excluding carboxylic acids is 4. The molecule has 2 rings (SSSR count). The minimum atomic E-state index is -1.41. The van der Waals surface area contributed by atoms with Crippen LogP contribution >= 0.6 is 0 Å². The number of carbonyl (C=O) groups is 4. The summed E-state index contributed by atoms with van der Waals surface area (Å²) >= 11 is 0. The van der Waals surface area contributed by atoms with Crippen LogP contribution in [0.1, 0.15) is 51.2 Å². The molecule has 0 spiro atoms. The summed E-state index contributed by atoms with van der Waals surface area (Å²) in [7, 11) is 0. The molecule has 0 aliphatic heterocycles.